The summed E-state index contributed by atoms with van der Waals surface area (Å²) in [6.07, 6.45) is 11.0. The SMILES string of the molecule is CCCCC1CCC(CCCOCCOCCOCCOCCOCCO)C1. The van der Waals surface area contributed by atoms with Gasteiger partial charge in [-0.25, -0.2) is 0 Å². The lowest BCUT2D eigenvalue weighted by Gasteiger charge is -2.11. The smallest absolute Gasteiger partial charge is 0.0701 e. The molecule has 0 spiro atoms. The number of ether oxygens (including phenoxy) is 5. The van der Waals surface area contributed by atoms with Gasteiger partial charge in [0.25, 0.3) is 0 Å². The van der Waals surface area contributed by atoms with Crippen molar-refractivity contribution < 1.29 is 28.8 Å². The molecular formula is C22H44O6. The van der Waals surface area contributed by atoms with Crippen LogP contribution in [0.1, 0.15) is 58.3 Å². The normalized spacial score (nSPS) is 19.5. The molecule has 168 valence electrons. The van der Waals surface area contributed by atoms with E-state index in [-0.39, 0.29) is 6.61 Å². The summed E-state index contributed by atoms with van der Waals surface area (Å²) in [5.41, 5.74) is 0. The van der Waals surface area contributed by atoms with Crippen LogP contribution in [0, 0.1) is 11.8 Å². The molecule has 6 nitrogen and oxygen atoms in total. The summed E-state index contributed by atoms with van der Waals surface area (Å²) < 4.78 is 27.0. The first-order chi connectivity index (χ1) is 13.9. The Balaban J connectivity index is 1.70. The van der Waals surface area contributed by atoms with Crippen molar-refractivity contribution in [2.45, 2.75) is 58.3 Å². The quantitative estimate of drug-likeness (QED) is 0.296. The van der Waals surface area contributed by atoms with Gasteiger partial charge in [0, 0.05) is 6.61 Å². The molecule has 1 rings (SSSR count). The maximum absolute atomic E-state index is 8.55. The van der Waals surface area contributed by atoms with Gasteiger partial charge in [0.15, 0.2) is 0 Å². The fourth-order valence-corrected chi connectivity index (χ4v) is 3.72. The average molecular weight is 405 g/mol. The number of unbranched alkanes of at least 4 members (excludes halogenated alkanes) is 1. The third-order valence-corrected chi connectivity index (χ3v) is 5.24. The molecule has 0 aromatic heterocycles. The highest BCUT2D eigenvalue weighted by atomic mass is 16.6. The molecule has 0 radical (unpaired) electrons. The van der Waals surface area contributed by atoms with Gasteiger partial charge in [0.2, 0.25) is 0 Å². The molecule has 0 heterocycles. The topological polar surface area (TPSA) is 66.4 Å². The van der Waals surface area contributed by atoms with E-state index in [1.54, 1.807) is 0 Å². The first-order valence-electron chi connectivity index (χ1n) is 11.4. The zero-order valence-corrected chi connectivity index (χ0v) is 18.1. The molecule has 0 bridgehead atoms. The first-order valence-corrected chi connectivity index (χ1v) is 11.4. The standard InChI is InChI=1S/C22H44O6/c1-2-3-5-21-7-8-22(20-21)6-4-10-24-12-14-26-16-18-28-19-17-27-15-13-25-11-9-23/h21-23H,2-20H2,1H3. The second-order valence-corrected chi connectivity index (χ2v) is 7.62. The Morgan fingerprint density at radius 1 is 0.607 bits per heavy atom. The summed E-state index contributed by atoms with van der Waals surface area (Å²) in [5.74, 6) is 1.94. The van der Waals surface area contributed by atoms with Gasteiger partial charge in [-0.05, 0) is 31.1 Å². The van der Waals surface area contributed by atoms with Crippen LogP contribution in [0.5, 0.6) is 0 Å². The lowest BCUT2D eigenvalue weighted by atomic mass is 9.97. The van der Waals surface area contributed by atoms with E-state index in [1.807, 2.05) is 0 Å². The molecule has 0 aromatic rings. The van der Waals surface area contributed by atoms with Gasteiger partial charge >= 0.3 is 0 Å². The molecule has 0 amide bonds. The minimum Gasteiger partial charge on any atom is -0.394 e. The van der Waals surface area contributed by atoms with Crippen LogP contribution in [-0.2, 0) is 23.7 Å². The number of aliphatic hydroxyl groups excluding tert-OH is 1. The monoisotopic (exact) mass is 404 g/mol. The summed E-state index contributed by atoms with van der Waals surface area (Å²) in [6, 6.07) is 0. The zero-order valence-electron chi connectivity index (χ0n) is 18.1. The highest BCUT2D eigenvalue weighted by Crippen LogP contribution is 2.36. The van der Waals surface area contributed by atoms with E-state index in [4.69, 9.17) is 28.8 Å². The molecule has 28 heavy (non-hydrogen) atoms. The molecule has 1 aliphatic rings. The molecule has 1 saturated carbocycles. The summed E-state index contributed by atoms with van der Waals surface area (Å²) >= 11 is 0. The molecule has 2 atom stereocenters. The van der Waals surface area contributed by atoms with Crippen molar-refractivity contribution >= 4 is 0 Å². The Hall–Kier alpha value is -0.240. The molecule has 0 saturated heterocycles. The molecular weight excluding hydrogens is 360 g/mol. The summed E-state index contributed by atoms with van der Waals surface area (Å²) in [4.78, 5) is 0. The van der Waals surface area contributed by atoms with Gasteiger partial charge in [0.1, 0.15) is 0 Å². The number of hydrogen-bond acceptors (Lipinski definition) is 6. The van der Waals surface area contributed by atoms with Crippen molar-refractivity contribution in [1.29, 1.82) is 0 Å². The van der Waals surface area contributed by atoms with Crippen molar-refractivity contribution in [3.63, 3.8) is 0 Å². The van der Waals surface area contributed by atoms with Gasteiger partial charge in [0.05, 0.1) is 66.1 Å². The van der Waals surface area contributed by atoms with Crippen LogP contribution in [0.2, 0.25) is 0 Å². The predicted molar refractivity (Wildman–Crippen MR) is 111 cm³/mol. The average Bonchev–Trinajstić information content (AvgIpc) is 3.16. The largest absolute Gasteiger partial charge is 0.394 e. The number of hydrogen-bond donors (Lipinski definition) is 1. The highest BCUT2D eigenvalue weighted by Gasteiger charge is 2.23. The predicted octanol–water partition coefficient (Wildman–Crippen LogP) is 3.45. The van der Waals surface area contributed by atoms with E-state index in [9.17, 15) is 0 Å². The van der Waals surface area contributed by atoms with Crippen molar-refractivity contribution in [2.75, 3.05) is 72.7 Å². The van der Waals surface area contributed by atoms with Crippen molar-refractivity contribution in [3.8, 4) is 0 Å². The van der Waals surface area contributed by atoms with E-state index < -0.39 is 0 Å². The minimum atomic E-state index is 0.0498. The van der Waals surface area contributed by atoms with Crippen molar-refractivity contribution in [1.82, 2.24) is 0 Å². The molecule has 0 aromatic carbocycles. The van der Waals surface area contributed by atoms with Gasteiger partial charge in [-0.15, -0.1) is 0 Å². The first kappa shape index (κ1) is 25.8. The van der Waals surface area contributed by atoms with E-state index in [0.717, 1.165) is 18.4 Å². The van der Waals surface area contributed by atoms with Crippen molar-refractivity contribution in [3.05, 3.63) is 0 Å². The maximum Gasteiger partial charge on any atom is 0.0701 e. The Kier molecular flexibility index (Phi) is 18.5. The second-order valence-electron chi connectivity index (χ2n) is 7.62. The summed E-state index contributed by atoms with van der Waals surface area (Å²) in [5, 5.41) is 8.55. The van der Waals surface area contributed by atoms with Crippen LogP contribution in [0.15, 0.2) is 0 Å². The lowest BCUT2D eigenvalue weighted by molar-refractivity contribution is -0.0135. The van der Waals surface area contributed by atoms with Crippen LogP contribution >= 0.6 is 0 Å². The summed E-state index contributed by atoms with van der Waals surface area (Å²) in [6.45, 7) is 8.15. The van der Waals surface area contributed by atoms with E-state index in [1.165, 1.54) is 51.4 Å². The minimum absolute atomic E-state index is 0.0498. The van der Waals surface area contributed by atoms with Crippen LogP contribution in [-0.4, -0.2) is 77.8 Å². The van der Waals surface area contributed by atoms with Crippen LogP contribution in [0.3, 0.4) is 0 Å². The lowest BCUT2D eigenvalue weighted by Crippen LogP contribution is -2.13. The molecule has 6 heteroatoms. The van der Waals surface area contributed by atoms with E-state index in [2.05, 4.69) is 6.92 Å². The molecule has 1 aliphatic carbocycles. The Morgan fingerprint density at radius 3 is 1.50 bits per heavy atom. The third kappa shape index (κ3) is 15.7. The zero-order chi connectivity index (χ0) is 20.1. The van der Waals surface area contributed by atoms with Gasteiger partial charge in [-0.2, -0.15) is 0 Å². The second kappa shape index (κ2) is 20.0. The van der Waals surface area contributed by atoms with Crippen molar-refractivity contribution in [2.24, 2.45) is 11.8 Å². The van der Waals surface area contributed by atoms with Crippen LogP contribution < -0.4 is 0 Å². The number of aliphatic hydroxyl groups is 1. The number of rotatable bonds is 21. The Labute approximate surface area is 172 Å². The highest BCUT2D eigenvalue weighted by molar-refractivity contribution is 4.75. The molecule has 0 aliphatic heterocycles. The molecule has 1 N–H and O–H groups in total. The maximum atomic E-state index is 8.55. The molecule has 1 fully saturated rings. The van der Waals surface area contributed by atoms with Gasteiger partial charge in [-0.3, -0.25) is 0 Å². The third-order valence-electron chi connectivity index (χ3n) is 5.24. The Bertz CT molecular complexity index is 315. The van der Waals surface area contributed by atoms with Gasteiger partial charge < -0.3 is 28.8 Å². The van der Waals surface area contributed by atoms with Crippen LogP contribution in [0.25, 0.3) is 0 Å². The summed E-state index contributed by atoms with van der Waals surface area (Å²) in [7, 11) is 0. The fourth-order valence-electron chi connectivity index (χ4n) is 3.72. The van der Waals surface area contributed by atoms with E-state index in [0.29, 0.717) is 59.5 Å². The fraction of sp³-hybridized carbons (Fsp3) is 1.00. The van der Waals surface area contributed by atoms with Gasteiger partial charge in [-0.1, -0.05) is 39.0 Å². The molecule has 2 unspecified atom stereocenters. The Morgan fingerprint density at radius 2 is 1.04 bits per heavy atom. The van der Waals surface area contributed by atoms with Crippen LogP contribution in [0.4, 0.5) is 0 Å². The van der Waals surface area contributed by atoms with E-state index >= 15 is 0 Å².